The van der Waals surface area contributed by atoms with Crippen LogP contribution in [-0.4, -0.2) is 6.71 Å². The van der Waals surface area contributed by atoms with Gasteiger partial charge in [-0.25, -0.2) is 0 Å². The number of rotatable bonds is 5. The molecule has 5 heteroatoms. The summed E-state index contributed by atoms with van der Waals surface area (Å²) in [7, 11) is 0. The van der Waals surface area contributed by atoms with Crippen LogP contribution < -0.4 is 30.4 Å². The van der Waals surface area contributed by atoms with E-state index in [-0.39, 0.29) is 39.2 Å². The molecule has 9 aromatic rings. The molecule has 12 rings (SSSR count). The van der Waals surface area contributed by atoms with Gasteiger partial charge in [-0.05, 0) is 179 Å². The van der Waals surface area contributed by atoms with Gasteiger partial charge >= 0.3 is 0 Å². The fraction of sp³-hybridized carbons (Fsp3) is 0.324. The molecule has 0 fully saturated rings. The minimum atomic E-state index is -0.316. The Balaban J connectivity index is 1.19. The average Bonchev–Trinajstić information content (AvgIpc) is 4.10. The van der Waals surface area contributed by atoms with Gasteiger partial charge in [0.25, 0.3) is 6.71 Å². The highest BCUT2D eigenvalue weighted by Crippen LogP contribution is 2.58. The third-order valence-electron chi connectivity index (χ3n) is 17.6. The predicted octanol–water partition coefficient (Wildman–Crippen LogP) is 19.6. The number of fused-ring (bicyclic) bond motifs is 9. The molecular formula is C74H80BN3S. The smallest absolute Gasteiger partial charge is 0.264 e. The monoisotopic (exact) mass is 1050 g/mol. The lowest BCUT2D eigenvalue weighted by Gasteiger charge is -2.45. The number of benzene rings is 8. The van der Waals surface area contributed by atoms with Crippen molar-refractivity contribution in [3.05, 3.63) is 202 Å². The number of thiophene rings is 1. The maximum absolute atomic E-state index is 2.71. The van der Waals surface area contributed by atoms with Crippen molar-refractivity contribution in [2.24, 2.45) is 0 Å². The Bertz CT molecular complexity index is 3840. The molecule has 3 nitrogen and oxygen atoms in total. The topological polar surface area (TPSA) is 9.72 Å². The molecule has 400 valence electrons. The van der Waals surface area contributed by atoms with Crippen molar-refractivity contribution in [1.29, 1.82) is 0 Å². The van der Waals surface area contributed by atoms with E-state index in [1.165, 1.54) is 116 Å². The number of anilines is 9. The van der Waals surface area contributed by atoms with Crippen molar-refractivity contribution in [3.63, 3.8) is 0 Å². The van der Waals surface area contributed by atoms with Gasteiger partial charge in [0.15, 0.2) is 0 Å². The highest BCUT2D eigenvalue weighted by Gasteiger charge is 2.48. The van der Waals surface area contributed by atoms with Gasteiger partial charge in [-0.3, -0.25) is 0 Å². The molecule has 2 aliphatic heterocycles. The normalized spacial score (nSPS) is 14.7. The van der Waals surface area contributed by atoms with Crippen molar-refractivity contribution >= 4 is 95.0 Å². The summed E-state index contributed by atoms with van der Waals surface area (Å²) in [4.78, 5) is 7.87. The second-order valence-corrected chi connectivity index (χ2v) is 30.0. The van der Waals surface area contributed by atoms with E-state index in [4.69, 9.17) is 0 Å². The van der Waals surface area contributed by atoms with Crippen LogP contribution in [0.1, 0.15) is 162 Å². The van der Waals surface area contributed by atoms with Crippen LogP contribution in [0.15, 0.2) is 158 Å². The molecule has 79 heavy (non-hydrogen) atoms. The van der Waals surface area contributed by atoms with Crippen molar-refractivity contribution in [1.82, 2.24) is 0 Å². The largest absolute Gasteiger partial charge is 0.311 e. The molecule has 0 unspecified atom stereocenters. The molecule has 1 aromatic heterocycles. The number of nitrogens with zero attached hydrogens (tertiary/aromatic N) is 3. The Labute approximate surface area is 477 Å². The fourth-order valence-electron chi connectivity index (χ4n) is 13.0. The van der Waals surface area contributed by atoms with E-state index in [1.54, 1.807) is 0 Å². The molecule has 0 saturated heterocycles. The Morgan fingerprint density at radius 1 is 0.443 bits per heavy atom. The van der Waals surface area contributed by atoms with Crippen molar-refractivity contribution in [2.75, 3.05) is 14.7 Å². The van der Waals surface area contributed by atoms with E-state index in [0.717, 1.165) is 17.1 Å². The van der Waals surface area contributed by atoms with Crippen LogP contribution in [0, 0.1) is 6.92 Å². The van der Waals surface area contributed by atoms with E-state index >= 15 is 0 Å². The second-order valence-electron chi connectivity index (χ2n) is 28.9. The molecule has 3 aliphatic rings. The zero-order valence-electron chi connectivity index (χ0n) is 50.3. The van der Waals surface area contributed by atoms with Gasteiger partial charge in [-0.1, -0.05) is 197 Å². The standard InChI is InChI=1S/C74H80BN3S/c1-45-39-62-66-63(40-45)78(60-37-29-50(73(14,15)16)42-59(60)75(66)68-67(57-41-49(72(11,12)13)30-38-64(57)79-68)77(62)53-35-27-48(28-36-53)71(8,9)10)61-44-54(43-56-55-21-19-20-22-58(55)74(17,18)65(56)61)76(51-31-23-46(24-32-51)69(2,3)4)52-33-25-47(26-34-52)70(5,6)7/h19-44H,1-18H3. The van der Waals surface area contributed by atoms with E-state index < -0.39 is 0 Å². The number of aryl methyl sites for hydroxylation is 1. The Kier molecular flexibility index (Phi) is 11.9. The van der Waals surface area contributed by atoms with E-state index in [1.807, 2.05) is 11.3 Å². The molecular weight excluding hydrogens is 974 g/mol. The van der Waals surface area contributed by atoms with Gasteiger partial charge in [0.2, 0.25) is 0 Å². The minimum absolute atomic E-state index is 0.00432. The van der Waals surface area contributed by atoms with Crippen LogP contribution in [0.3, 0.4) is 0 Å². The molecule has 0 atom stereocenters. The summed E-state index contributed by atoms with van der Waals surface area (Å²) in [5, 5.41) is 1.33. The van der Waals surface area contributed by atoms with Gasteiger partial charge in [0, 0.05) is 60.1 Å². The molecule has 0 amide bonds. The first-order valence-corrected chi connectivity index (χ1v) is 29.7. The third-order valence-corrected chi connectivity index (χ3v) is 18.9. The van der Waals surface area contributed by atoms with Crippen molar-refractivity contribution in [2.45, 2.75) is 157 Å². The van der Waals surface area contributed by atoms with Crippen LogP contribution in [0.25, 0.3) is 21.2 Å². The van der Waals surface area contributed by atoms with Crippen molar-refractivity contribution in [3.8, 4) is 11.1 Å². The first-order valence-electron chi connectivity index (χ1n) is 28.9. The summed E-state index contributed by atoms with van der Waals surface area (Å²) >= 11 is 1.99. The molecule has 0 N–H and O–H groups in total. The second kappa shape index (κ2) is 17.8. The van der Waals surface area contributed by atoms with E-state index in [0.29, 0.717) is 0 Å². The Morgan fingerprint density at radius 3 is 1.49 bits per heavy atom. The van der Waals surface area contributed by atoms with Crippen LogP contribution in [-0.2, 0) is 32.5 Å². The van der Waals surface area contributed by atoms with Gasteiger partial charge in [0.1, 0.15) is 0 Å². The van der Waals surface area contributed by atoms with E-state index in [9.17, 15) is 0 Å². The molecule has 0 bridgehead atoms. The summed E-state index contributed by atoms with van der Waals surface area (Å²) in [6.45, 7) is 42.1. The summed E-state index contributed by atoms with van der Waals surface area (Å²) < 4.78 is 2.73. The van der Waals surface area contributed by atoms with Gasteiger partial charge in [-0.15, -0.1) is 11.3 Å². The average molecular weight is 1050 g/mol. The van der Waals surface area contributed by atoms with Crippen LogP contribution in [0.4, 0.5) is 51.2 Å². The molecule has 0 saturated carbocycles. The van der Waals surface area contributed by atoms with Crippen molar-refractivity contribution < 1.29 is 0 Å². The zero-order chi connectivity index (χ0) is 56.3. The predicted molar refractivity (Wildman–Crippen MR) is 346 cm³/mol. The molecule has 1 aliphatic carbocycles. The summed E-state index contributed by atoms with van der Waals surface area (Å²) in [6, 6.07) is 62.2. The SMILES string of the molecule is Cc1cc2c3c(c1)N(c1ccc(C(C)(C)C)cc1)c1c(sc4ccc(C(C)(C)C)cc14)B3c1cc(C(C)(C)C)ccc1N2c1cc(N(c2ccc(C(C)(C)C)cc2)c2ccc(C(C)(C)C)cc2)cc2c1C(C)(C)c1ccccc1-2. The molecule has 8 aromatic carbocycles. The Morgan fingerprint density at radius 2 is 0.937 bits per heavy atom. The van der Waals surface area contributed by atoms with E-state index in [2.05, 4.69) is 297 Å². The summed E-state index contributed by atoms with van der Waals surface area (Å²) in [5.41, 5.74) is 26.4. The first-order chi connectivity index (χ1) is 37.0. The lowest BCUT2D eigenvalue weighted by molar-refractivity contribution is 0.590. The van der Waals surface area contributed by atoms with Crippen LogP contribution >= 0.6 is 11.3 Å². The fourth-order valence-corrected chi connectivity index (χ4v) is 14.3. The van der Waals surface area contributed by atoms with Crippen LogP contribution in [0.5, 0.6) is 0 Å². The molecule has 3 heterocycles. The lowest BCUT2D eigenvalue weighted by Crippen LogP contribution is -2.60. The molecule has 0 spiro atoms. The van der Waals surface area contributed by atoms with Gasteiger partial charge in [-0.2, -0.15) is 0 Å². The third kappa shape index (κ3) is 8.68. The first kappa shape index (κ1) is 52.9. The maximum atomic E-state index is 2.71. The quantitative estimate of drug-likeness (QED) is 0.159. The Hall–Kier alpha value is -6.82. The molecule has 0 radical (unpaired) electrons. The number of hydrogen-bond acceptors (Lipinski definition) is 4. The van der Waals surface area contributed by atoms with Gasteiger partial charge in [0.05, 0.1) is 11.4 Å². The summed E-state index contributed by atoms with van der Waals surface area (Å²) in [6.07, 6.45) is 0. The van der Waals surface area contributed by atoms with Crippen LogP contribution in [0.2, 0.25) is 0 Å². The minimum Gasteiger partial charge on any atom is -0.311 e. The zero-order valence-corrected chi connectivity index (χ0v) is 51.2. The lowest BCUT2D eigenvalue weighted by atomic mass is 9.36. The van der Waals surface area contributed by atoms with Gasteiger partial charge < -0.3 is 14.7 Å². The maximum Gasteiger partial charge on any atom is 0.264 e. The number of hydrogen-bond donors (Lipinski definition) is 0. The highest BCUT2D eigenvalue weighted by atomic mass is 32.1. The highest BCUT2D eigenvalue weighted by molar-refractivity contribution is 7.33. The summed E-state index contributed by atoms with van der Waals surface area (Å²) in [5.74, 6) is 0.